The van der Waals surface area contributed by atoms with E-state index in [-0.39, 0.29) is 6.54 Å². The van der Waals surface area contributed by atoms with Gasteiger partial charge in [0.2, 0.25) is 0 Å². The van der Waals surface area contributed by atoms with E-state index < -0.39 is 11.4 Å². The van der Waals surface area contributed by atoms with E-state index in [0.29, 0.717) is 31.3 Å². The van der Waals surface area contributed by atoms with Crippen molar-refractivity contribution in [3.8, 4) is 11.4 Å². The van der Waals surface area contributed by atoms with Gasteiger partial charge in [0.05, 0.1) is 18.9 Å². The molecule has 1 aromatic heterocycles. The molecular weight excluding hydrogens is 292 g/mol. The fourth-order valence-electron chi connectivity index (χ4n) is 1.71. The summed E-state index contributed by atoms with van der Waals surface area (Å²) in [4.78, 5) is 25.5. The van der Waals surface area contributed by atoms with Crippen LogP contribution in [0.4, 0.5) is 0 Å². The Bertz CT molecular complexity index is 725. The van der Waals surface area contributed by atoms with Crippen LogP contribution < -0.4 is 16.1 Å². The number of hydrogen-bond acceptors (Lipinski definition) is 5. The lowest BCUT2D eigenvalue weighted by Gasteiger charge is -2.07. The molecule has 1 aromatic carbocycles. The molecule has 0 bridgehead atoms. The number of nitrogens with one attached hydrogen (secondary N) is 2. The zero-order chi connectivity index (χ0) is 15.8. The Morgan fingerprint density at radius 3 is 2.41 bits per heavy atom. The van der Waals surface area contributed by atoms with Crippen LogP contribution >= 0.6 is 0 Å². The van der Waals surface area contributed by atoms with E-state index >= 15 is 0 Å². The second kappa shape index (κ2) is 7.72. The second-order valence-electron chi connectivity index (χ2n) is 4.10. The van der Waals surface area contributed by atoms with Crippen molar-refractivity contribution < 1.29 is 9.47 Å². The normalized spacial score (nSPS) is 10.2. The van der Waals surface area contributed by atoms with Crippen molar-refractivity contribution in [3.05, 3.63) is 55.7 Å². The lowest BCUT2D eigenvalue weighted by atomic mass is 10.3. The Morgan fingerprint density at radius 1 is 1.09 bits per heavy atom. The summed E-state index contributed by atoms with van der Waals surface area (Å²) < 4.78 is 11.6. The smallest absolute Gasteiger partial charge is 0.348 e. The number of azide groups is 1. The van der Waals surface area contributed by atoms with Crippen molar-refractivity contribution >= 4 is 0 Å². The lowest BCUT2D eigenvalue weighted by Crippen LogP contribution is -2.24. The molecule has 2 rings (SSSR count). The SMILES string of the molecule is [N-]=[N+]=NCCOCCOc1ccc(-n2c(=O)[nH][nH]c2=O)cc1. The number of benzene rings is 1. The Hall–Kier alpha value is -2.97. The Kier molecular flexibility index (Phi) is 5.41. The highest BCUT2D eigenvalue weighted by molar-refractivity contribution is 5.36. The van der Waals surface area contributed by atoms with Crippen molar-refractivity contribution in [2.75, 3.05) is 26.4 Å². The summed E-state index contributed by atoms with van der Waals surface area (Å²) in [5.74, 6) is 0.586. The molecule has 0 unspecified atom stereocenters. The highest BCUT2D eigenvalue weighted by Gasteiger charge is 2.05. The standard InChI is InChI=1S/C12H14N6O4/c13-17-14-5-6-21-7-8-22-10-3-1-9(2-4-10)18-11(19)15-16-12(18)20/h1-4H,5-8H2,(H,15,19)(H,16,20). The molecular formula is C12H14N6O4. The number of aromatic amines is 2. The van der Waals surface area contributed by atoms with E-state index in [0.717, 1.165) is 4.57 Å². The van der Waals surface area contributed by atoms with Gasteiger partial charge in [0, 0.05) is 11.5 Å². The molecule has 0 amide bonds. The number of ether oxygens (including phenoxy) is 2. The van der Waals surface area contributed by atoms with Crippen LogP contribution in [0.1, 0.15) is 0 Å². The molecule has 0 aliphatic heterocycles. The zero-order valence-electron chi connectivity index (χ0n) is 11.6. The summed E-state index contributed by atoms with van der Waals surface area (Å²) >= 11 is 0. The number of nitrogens with zero attached hydrogens (tertiary/aromatic N) is 4. The maximum absolute atomic E-state index is 11.4. The first kappa shape index (κ1) is 15.4. The molecule has 0 atom stereocenters. The third-order valence-corrected chi connectivity index (χ3v) is 2.67. The van der Waals surface area contributed by atoms with Crippen molar-refractivity contribution in [2.45, 2.75) is 0 Å². The van der Waals surface area contributed by atoms with Gasteiger partial charge in [-0.05, 0) is 29.8 Å². The molecule has 22 heavy (non-hydrogen) atoms. The van der Waals surface area contributed by atoms with Gasteiger partial charge in [0.1, 0.15) is 12.4 Å². The second-order valence-corrected chi connectivity index (χ2v) is 4.10. The van der Waals surface area contributed by atoms with Gasteiger partial charge in [-0.2, -0.15) is 0 Å². The molecule has 0 radical (unpaired) electrons. The van der Waals surface area contributed by atoms with Gasteiger partial charge in [0.25, 0.3) is 0 Å². The highest BCUT2D eigenvalue weighted by Crippen LogP contribution is 2.13. The van der Waals surface area contributed by atoms with E-state index in [2.05, 4.69) is 20.2 Å². The van der Waals surface area contributed by atoms with Crippen molar-refractivity contribution in [1.82, 2.24) is 14.8 Å². The Balaban J connectivity index is 1.84. The minimum atomic E-state index is -0.535. The van der Waals surface area contributed by atoms with Gasteiger partial charge in [-0.25, -0.2) is 24.4 Å². The van der Waals surface area contributed by atoms with Crippen molar-refractivity contribution in [1.29, 1.82) is 0 Å². The minimum absolute atomic E-state index is 0.283. The third-order valence-electron chi connectivity index (χ3n) is 2.67. The molecule has 0 spiro atoms. The molecule has 2 N–H and O–H groups in total. The van der Waals surface area contributed by atoms with Gasteiger partial charge < -0.3 is 9.47 Å². The Labute approximate surface area is 123 Å². The van der Waals surface area contributed by atoms with Crippen LogP contribution in [0.5, 0.6) is 5.75 Å². The fraction of sp³-hybridized carbons (Fsp3) is 0.333. The highest BCUT2D eigenvalue weighted by atomic mass is 16.5. The first-order chi connectivity index (χ1) is 10.7. The van der Waals surface area contributed by atoms with Crippen LogP contribution in [0.15, 0.2) is 39.0 Å². The molecule has 0 saturated carbocycles. The van der Waals surface area contributed by atoms with E-state index in [1.165, 1.54) is 0 Å². The predicted octanol–water partition coefficient (Wildman–Crippen LogP) is 0.560. The molecule has 2 aromatic rings. The largest absolute Gasteiger partial charge is 0.491 e. The van der Waals surface area contributed by atoms with E-state index in [9.17, 15) is 9.59 Å². The summed E-state index contributed by atoms with van der Waals surface area (Å²) in [5, 5.41) is 7.74. The number of aromatic nitrogens is 3. The molecule has 0 fully saturated rings. The summed E-state index contributed by atoms with van der Waals surface area (Å²) in [6.45, 7) is 1.32. The van der Waals surface area contributed by atoms with Crippen molar-refractivity contribution in [3.63, 3.8) is 0 Å². The number of rotatable bonds is 8. The van der Waals surface area contributed by atoms with Crippen molar-refractivity contribution in [2.24, 2.45) is 5.11 Å². The Morgan fingerprint density at radius 2 is 1.77 bits per heavy atom. The van der Waals surface area contributed by atoms with Crippen LogP contribution in [0.2, 0.25) is 0 Å². The molecule has 0 saturated heterocycles. The first-order valence-corrected chi connectivity index (χ1v) is 6.44. The summed E-state index contributed by atoms with van der Waals surface area (Å²) in [6, 6.07) is 6.49. The van der Waals surface area contributed by atoms with Gasteiger partial charge in [0.15, 0.2) is 0 Å². The molecule has 1 heterocycles. The average molecular weight is 306 g/mol. The monoisotopic (exact) mass is 306 g/mol. The average Bonchev–Trinajstić information content (AvgIpc) is 2.86. The molecule has 116 valence electrons. The lowest BCUT2D eigenvalue weighted by molar-refractivity contribution is 0.106. The molecule has 10 heteroatoms. The number of H-pyrrole nitrogens is 2. The predicted molar refractivity (Wildman–Crippen MR) is 77.3 cm³/mol. The molecule has 0 aliphatic rings. The van der Waals surface area contributed by atoms with Crippen LogP contribution in [0.3, 0.4) is 0 Å². The summed E-state index contributed by atoms with van der Waals surface area (Å²) in [6.07, 6.45) is 0. The first-order valence-electron chi connectivity index (χ1n) is 6.44. The molecule has 0 aliphatic carbocycles. The van der Waals surface area contributed by atoms with Gasteiger partial charge in [-0.1, -0.05) is 5.11 Å². The van der Waals surface area contributed by atoms with Crippen LogP contribution in [0, 0.1) is 0 Å². The minimum Gasteiger partial charge on any atom is -0.491 e. The molecule has 10 nitrogen and oxygen atoms in total. The maximum Gasteiger partial charge on any atom is 0.348 e. The van der Waals surface area contributed by atoms with Crippen LogP contribution in [-0.4, -0.2) is 41.1 Å². The van der Waals surface area contributed by atoms with Crippen LogP contribution in [0.25, 0.3) is 16.1 Å². The quantitative estimate of drug-likeness (QED) is 0.318. The number of hydrogen-bond donors (Lipinski definition) is 2. The third kappa shape index (κ3) is 4.01. The zero-order valence-corrected chi connectivity index (χ0v) is 11.6. The fourth-order valence-corrected chi connectivity index (χ4v) is 1.71. The van der Waals surface area contributed by atoms with E-state index in [4.69, 9.17) is 15.0 Å². The van der Waals surface area contributed by atoms with Gasteiger partial charge in [-0.3, -0.25) is 0 Å². The summed E-state index contributed by atoms with van der Waals surface area (Å²) in [7, 11) is 0. The van der Waals surface area contributed by atoms with E-state index in [1.54, 1.807) is 24.3 Å². The summed E-state index contributed by atoms with van der Waals surface area (Å²) in [5.41, 5.74) is 7.44. The van der Waals surface area contributed by atoms with Gasteiger partial charge >= 0.3 is 11.4 Å². The topological polar surface area (TPSA) is 138 Å². The van der Waals surface area contributed by atoms with Gasteiger partial charge in [-0.15, -0.1) is 0 Å². The van der Waals surface area contributed by atoms with Crippen LogP contribution in [-0.2, 0) is 4.74 Å². The maximum atomic E-state index is 11.4. The van der Waals surface area contributed by atoms with E-state index in [1.807, 2.05) is 0 Å².